The van der Waals surface area contributed by atoms with E-state index in [-0.39, 0.29) is 35.6 Å². The molecule has 3 atom stereocenters. The van der Waals surface area contributed by atoms with Crippen molar-refractivity contribution in [2.75, 3.05) is 13.6 Å². The Bertz CT molecular complexity index is 1050. The molecule has 0 spiro atoms. The number of nitrogens with one attached hydrogen (secondary N) is 2. The van der Waals surface area contributed by atoms with Crippen LogP contribution in [0.5, 0.6) is 0 Å². The van der Waals surface area contributed by atoms with Gasteiger partial charge in [-0.05, 0) is 69.8 Å². The van der Waals surface area contributed by atoms with E-state index >= 15 is 0 Å². The minimum atomic E-state index is -0.556. The molecule has 7 nitrogen and oxygen atoms in total. The second kappa shape index (κ2) is 11.4. The summed E-state index contributed by atoms with van der Waals surface area (Å²) in [6, 6.07) is 4.25. The topological polar surface area (TPSA) is 91.4 Å². The fourth-order valence-electron chi connectivity index (χ4n) is 5.02. The molecule has 2 N–H and O–H groups in total. The van der Waals surface area contributed by atoms with Gasteiger partial charge in [0.05, 0.1) is 12.1 Å². The number of hydrogen-bond acceptors (Lipinski definition) is 6. The number of ketones is 1. The number of carbonyl (C=O) groups is 3. The summed E-state index contributed by atoms with van der Waals surface area (Å²) in [5, 5.41) is 8.42. The Hall–Kier alpha value is -2.65. The molecule has 188 valence electrons. The predicted molar refractivity (Wildman–Crippen MR) is 133 cm³/mol. The minimum absolute atomic E-state index is 0.0577. The van der Waals surface area contributed by atoms with Gasteiger partial charge in [0.1, 0.15) is 22.6 Å². The standard InChI is InChI=1S/C26H33FN4O3S/c1-16(28-2)24(33)30-22(17-7-4-3-5-8-17)26(34)31-14-6-9-21(31)25-29-20(15-35-25)23(32)18-10-12-19(27)13-11-18/h10-13,15-17,21-22,28H,3-9,14H2,1-2H3,(H,30,33)/t16-,21-,22+/m1/s1. The van der Waals surface area contributed by atoms with Gasteiger partial charge in [-0.15, -0.1) is 11.3 Å². The molecule has 0 unspecified atom stereocenters. The number of likely N-dealkylation sites (N-methyl/N-ethyl adjacent to an activating group) is 1. The zero-order chi connectivity index (χ0) is 24.9. The molecular weight excluding hydrogens is 467 g/mol. The van der Waals surface area contributed by atoms with Crippen LogP contribution in [-0.4, -0.2) is 53.2 Å². The molecule has 4 rings (SSSR count). The Morgan fingerprint density at radius 1 is 1.09 bits per heavy atom. The van der Waals surface area contributed by atoms with E-state index in [2.05, 4.69) is 15.6 Å². The maximum atomic E-state index is 13.8. The zero-order valence-electron chi connectivity index (χ0n) is 20.3. The number of carbonyl (C=O) groups excluding carboxylic acids is 3. The minimum Gasteiger partial charge on any atom is -0.343 e. The van der Waals surface area contributed by atoms with E-state index in [0.29, 0.717) is 17.8 Å². The predicted octanol–water partition coefficient (Wildman–Crippen LogP) is 3.85. The van der Waals surface area contributed by atoms with Crippen molar-refractivity contribution in [3.05, 3.63) is 51.7 Å². The fraction of sp³-hybridized carbons (Fsp3) is 0.538. The summed E-state index contributed by atoms with van der Waals surface area (Å²) < 4.78 is 13.2. The second-order valence-corrected chi connectivity index (χ2v) is 10.4. The molecule has 0 bridgehead atoms. The van der Waals surface area contributed by atoms with Crippen LogP contribution in [0, 0.1) is 11.7 Å². The number of aromatic nitrogens is 1. The molecule has 0 radical (unpaired) electrons. The smallest absolute Gasteiger partial charge is 0.246 e. The van der Waals surface area contributed by atoms with Crippen molar-refractivity contribution in [1.82, 2.24) is 20.5 Å². The number of benzene rings is 1. The number of thiazole rings is 1. The molecule has 1 aromatic heterocycles. The Labute approximate surface area is 209 Å². The van der Waals surface area contributed by atoms with E-state index in [9.17, 15) is 18.8 Å². The molecule has 2 heterocycles. The number of nitrogens with zero attached hydrogens (tertiary/aromatic N) is 2. The van der Waals surface area contributed by atoms with Crippen molar-refractivity contribution >= 4 is 28.9 Å². The van der Waals surface area contributed by atoms with E-state index < -0.39 is 11.9 Å². The van der Waals surface area contributed by atoms with Gasteiger partial charge in [-0.3, -0.25) is 14.4 Å². The van der Waals surface area contributed by atoms with Gasteiger partial charge in [0.2, 0.25) is 17.6 Å². The van der Waals surface area contributed by atoms with Gasteiger partial charge in [-0.1, -0.05) is 19.3 Å². The highest BCUT2D eigenvalue weighted by atomic mass is 32.1. The molecule has 1 aliphatic carbocycles. The number of halogens is 1. The van der Waals surface area contributed by atoms with Gasteiger partial charge in [-0.2, -0.15) is 0 Å². The first-order valence-corrected chi connectivity index (χ1v) is 13.3. The first-order chi connectivity index (χ1) is 16.9. The van der Waals surface area contributed by atoms with E-state index in [4.69, 9.17) is 0 Å². The Kier molecular flexibility index (Phi) is 8.28. The van der Waals surface area contributed by atoms with E-state index in [1.807, 2.05) is 4.90 Å². The molecule has 9 heteroatoms. The third kappa shape index (κ3) is 5.78. The molecule has 35 heavy (non-hydrogen) atoms. The second-order valence-electron chi connectivity index (χ2n) is 9.49. The number of hydrogen-bond donors (Lipinski definition) is 2. The van der Waals surface area contributed by atoms with Crippen LogP contribution < -0.4 is 10.6 Å². The lowest BCUT2D eigenvalue weighted by Gasteiger charge is -2.35. The molecule has 1 saturated carbocycles. The summed E-state index contributed by atoms with van der Waals surface area (Å²) in [5.74, 6) is -0.773. The van der Waals surface area contributed by atoms with Crippen molar-refractivity contribution in [3.63, 3.8) is 0 Å². The summed E-state index contributed by atoms with van der Waals surface area (Å²) in [6.07, 6.45) is 6.76. The van der Waals surface area contributed by atoms with Gasteiger partial charge < -0.3 is 15.5 Å². The number of rotatable bonds is 8. The maximum Gasteiger partial charge on any atom is 0.246 e. The first-order valence-electron chi connectivity index (χ1n) is 12.4. The molecule has 2 fully saturated rings. The maximum absolute atomic E-state index is 13.8. The van der Waals surface area contributed by atoms with Gasteiger partial charge in [0, 0.05) is 17.5 Å². The average molecular weight is 501 g/mol. The van der Waals surface area contributed by atoms with Crippen molar-refractivity contribution < 1.29 is 18.8 Å². The first kappa shape index (κ1) is 25.4. The van der Waals surface area contributed by atoms with E-state index in [0.717, 1.165) is 50.0 Å². The van der Waals surface area contributed by atoms with Crippen LogP contribution in [0.25, 0.3) is 0 Å². The SMILES string of the molecule is CN[C@H](C)C(=O)N[C@H](C(=O)N1CCC[C@@H]1c1nc(C(=O)c2ccc(F)cc2)cs1)C1CCCCC1. The van der Waals surface area contributed by atoms with Crippen LogP contribution in [0.2, 0.25) is 0 Å². The summed E-state index contributed by atoms with van der Waals surface area (Å²) >= 11 is 1.37. The number of amides is 2. The Morgan fingerprint density at radius 3 is 2.49 bits per heavy atom. The third-order valence-corrected chi connectivity index (χ3v) is 8.14. The lowest BCUT2D eigenvalue weighted by molar-refractivity contribution is -0.139. The summed E-state index contributed by atoms with van der Waals surface area (Å²) in [7, 11) is 1.73. The van der Waals surface area contributed by atoms with Gasteiger partial charge >= 0.3 is 0 Å². The highest BCUT2D eigenvalue weighted by Gasteiger charge is 2.40. The van der Waals surface area contributed by atoms with Gasteiger partial charge in [0.15, 0.2) is 0 Å². The quantitative estimate of drug-likeness (QED) is 0.538. The lowest BCUT2D eigenvalue weighted by Crippen LogP contribution is -2.55. The largest absolute Gasteiger partial charge is 0.343 e. The highest BCUT2D eigenvalue weighted by Crippen LogP contribution is 2.36. The van der Waals surface area contributed by atoms with Crippen LogP contribution in [0.3, 0.4) is 0 Å². The molecular formula is C26H33FN4O3S. The Balaban J connectivity index is 1.53. The average Bonchev–Trinajstić information content (AvgIpc) is 3.56. The van der Waals surface area contributed by atoms with E-state index in [1.54, 1.807) is 19.4 Å². The molecule has 1 aromatic carbocycles. The normalized spacial score (nSPS) is 20.4. The summed E-state index contributed by atoms with van der Waals surface area (Å²) in [5.41, 5.74) is 0.678. The fourth-order valence-corrected chi connectivity index (χ4v) is 5.96. The molecule has 2 amide bonds. The van der Waals surface area contributed by atoms with E-state index in [1.165, 1.54) is 35.6 Å². The lowest BCUT2D eigenvalue weighted by atomic mass is 9.83. The van der Waals surface area contributed by atoms with Crippen LogP contribution in [0.4, 0.5) is 4.39 Å². The van der Waals surface area contributed by atoms with Crippen LogP contribution in [0.1, 0.15) is 79.0 Å². The molecule has 2 aromatic rings. The van der Waals surface area contributed by atoms with Crippen molar-refractivity contribution in [1.29, 1.82) is 0 Å². The van der Waals surface area contributed by atoms with Crippen LogP contribution in [0.15, 0.2) is 29.6 Å². The molecule has 2 aliphatic rings. The van der Waals surface area contributed by atoms with Crippen LogP contribution >= 0.6 is 11.3 Å². The summed E-state index contributed by atoms with van der Waals surface area (Å²) in [4.78, 5) is 45.8. The van der Waals surface area contributed by atoms with Crippen LogP contribution in [-0.2, 0) is 9.59 Å². The van der Waals surface area contributed by atoms with Gasteiger partial charge in [0.25, 0.3) is 0 Å². The highest BCUT2D eigenvalue weighted by molar-refractivity contribution is 7.10. The zero-order valence-corrected chi connectivity index (χ0v) is 21.1. The molecule has 1 saturated heterocycles. The monoisotopic (exact) mass is 500 g/mol. The van der Waals surface area contributed by atoms with Crippen molar-refractivity contribution in [2.45, 2.75) is 70.0 Å². The Morgan fingerprint density at radius 2 is 1.80 bits per heavy atom. The third-order valence-electron chi connectivity index (χ3n) is 7.19. The van der Waals surface area contributed by atoms with Crippen molar-refractivity contribution in [3.8, 4) is 0 Å². The molecule has 1 aliphatic heterocycles. The number of likely N-dealkylation sites (tertiary alicyclic amines) is 1. The van der Waals surface area contributed by atoms with Crippen molar-refractivity contribution in [2.24, 2.45) is 5.92 Å². The summed E-state index contributed by atoms with van der Waals surface area (Å²) in [6.45, 7) is 2.39. The van der Waals surface area contributed by atoms with Gasteiger partial charge in [-0.25, -0.2) is 9.37 Å².